The lowest BCUT2D eigenvalue weighted by Gasteiger charge is -2.37. The van der Waals surface area contributed by atoms with E-state index in [0.29, 0.717) is 17.5 Å². The van der Waals surface area contributed by atoms with E-state index in [-0.39, 0.29) is 21.7 Å². The molecule has 0 aliphatic heterocycles. The van der Waals surface area contributed by atoms with Crippen LogP contribution >= 0.6 is 0 Å². The Bertz CT molecular complexity index is 3790. The van der Waals surface area contributed by atoms with Gasteiger partial charge in [0.05, 0.1) is 5.41 Å². The van der Waals surface area contributed by atoms with Crippen LogP contribution in [0.2, 0.25) is 0 Å². The SMILES string of the molecule is CCCCCCc1ccc(C2(c3ccc(-c4ccc(-c5nc(-c6ccc(-c7ccc(C(C)(C)C)cc7)cc6)nc(-c6ccc(-c7ccc(C(C)(C)C)cc7)cc6)n5)cc4)cc3)c3cc(C(C)(CC)CC)ccc3-c3ccc(C(C)(CC)CC)cc32)cc1. The van der Waals surface area contributed by atoms with E-state index in [1.165, 1.54) is 98.0 Å². The molecule has 0 spiro atoms. The zero-order chi connectivity index (χ0) is 61.3. The zero-order valence-electron chi connectivity index (χ0n) is 54.3. The van der Waals surface area contributed by atoms with Gasteiger partial charge < -0.3 is 0 Å². The summed E-state index contributed by atoms with van der Waals surface area (Å²) in [6.07, 6.45) is 10.5. The molecule has 3 nitrogen and oxygen atoms in total. The topological polar surface area (TPSA) is 38.7 Å². The largest absolute Gasteiger partial charge is 0.208 e. The highest BCUT2D eigenvalue weighted by Gasteiger charge is 2.47. The van der Waals surface area contributed by atoms with Crippen LogP contribution in [0.4, 0.5) is 0 Å². The average molecular weight is 1140 g/mol. The summed E-state index contributed by atoms with van der Waals surface area (Å²) in [4.78, 5) is 15.7. The molecule has 0 radical (unpaired) electrons. The maximum atomic E-state index is 5.23. The smallest absolute Gasteiger partial charge is 0.164 e. The Hall–Kier alpha value is -8.01. The molecule has 1 aromatic heterocycles. The first-order chi connectivity index (χ1) is 41.8. The Morgan fingerprint density at radius 3 is 0.897 bits per heavy atom. The lowest BCUT2D eigenvalue weighted by Crippen LogP contribution is -2.30. The summed E-state index contributed by atoms with van der Waals surface area (Å²) in [5.41, 5.74) is 24.5. The molecule has 0 saturated carbocycles. The Morgan fingerprint density at radius 1 is 0.299 bits per heavy atom. The van der Waals surface area contributed by atoms with Crippen LogP contribution < -0.4 is 0 Å². The molecule has 1 aliphatic carbocycles. The molecule has 0 bridgehead atoms. The molecular weight excluding hydrogens is 1050 g/mol. The molecule has 3 heteroatoms. The standard InChI is InChI=1S/C84H91N3/c1-14-19-20-21-22-57-23-43-69(44-24-57)84(75-55-71(82(12,15-2)16-3)51-53-73(75)74-54-52-72(56-76(74)84)83(13,17-4)18-5)70-49-41-63(42-50-70)60-29-35-66(36-30-60)79-86-77(64-31-25-58(26-32-64)61-37-45-67(46-38-61)80(6,7)8)85-78(87-79)65-33-27-59(28-34-65)62-39-47-68(48-40-62)81(9,10)11/h23-56H,14-22H2,1-13H3. The molecule has 9 aromatic carbocycles. The van der Waals surface area contributed by atoms with Crippen LogP contribution in [-0.2, 0) is 33.5 Å². The van der Waals surface area contributed by atoms with Crippen molar-refractivity contribution < 1.29 is 0 Å². The van der Waals surface area contributed by atoms with Crippen LogP contribution in [0.25, 0.3) is 78.7 Å². The number of aromatic nitrogens is 3. The molecule has 87 heavy (non-hydrogen) atoms. The van der Waals surface area contributed by atoms with Crippen molar-refractivity contribution in [1.29, 1.82) is 0 Å². The van der Waals surface area contributed by atoms with Gasteiger partial charge in [0, 0.05) is 16.7 Å². The van der Waals surface area contributed by atoms with Crippen LogP contribution in [-0.4, -0.2) is 15.0 Å². The molecule has 0 N–H and O–H groups in total. The van der Waals surface area contributed by atoms with E-state index >= 15 is 0 Å². The third kappa shape index (κ3) is 12.0. The molecule has 1 aliphatic rings. The van der Waals surface area contributed by atoms with Gasteiger partial charge in [-0.1, -0.05) is 316 Å². The van der Waals surface area contributed by atoms with Gasteiger partial charge in [0.15, 0.2) is 17.5 Å². The lowest BCUT2D eigenvalue weighted by atomic mass is 9.65. The molecule has 1 heterocycles. The Labute approximate surface area is 521 Å². The maximum Gasteiger partial charge on any atom is 0.164 e. The van der Waals surface area contributed by atoms with Crippen molar-refractivity contribution in [2.24, 2.45) is 0 Å². The average Bonchev–Trinajstić information content (AvgIpc) is 1.58. The van der Waals surface area contributed by atoms with Crippen molar-refractivity contribution in [3.8, 4) is 78.7 Å². The van der Waals surface area contributed by atoms with Gasteiger partial charge in [0.2, 0.25) is 0 Å². The van der Waals surface area contributed by atoms with Gasteiger partial charge in [-0.3, -0.25) is 0 Å². The highest BCUT2D eigenvalue weighted by molar-refractivity contribution is 5.87. The third-order valence-corrected chi connectivity index (χ3v) is 20.2. The summed E-state index contributed by atoms with van der Waals surface area (Å²) in [6.45, 7) is 30.2. The van der Waals surface area contributed by atoms with Crippen LogP contribution in [0.5, 0.6) is 0 Å². The van der Waals surface area contributed by atoms with Gasteiger partial charge in [-0.2, -0.15) is 0 Å². The fourth-order valence-corrected chi connectivity index (χ4v) is 13.3. The fraction of sp³-hybridized carbons (Fsp3) is 0.321. The van der Waals surface area contributed by atoms with Gasteiger partial charge in [-0.15, -0.1) is 0 Å². The second-order valence-electron chi connectivity index (χ2n) is 27.6. The molecule has 0 amide bonds. The molecule has 10 aromatic rings. The van der Waals surface area contributed by atoms with E-state index in [0.717, 1.165) is 71.0 Å². The van der Waals surface area contributed by atoms with Crippen molar-refractivity contribution in [2.75, 3.05) is 0 Å². The number of fused-ring (bicyclic) bond motifs is 3. The van der Waals surface area contributed by atoms with Crippen molar-refractivity contribution in [3.63, 3.8) is 0 Å². The molecule has 11 rings (SSSR count). The molecule has 0 saturated heterocycles. The number of hydrogen-bond acceptors (Lipinski definition) is 3. The summed E-state index contributed by atoms with van der Waals surface area (Å²) in [5, 5.41) is 0. The number of nitrogens with zero attached hydrogens (tertiary/aromatic N) is 3. The zero-order valence-corrected chi connectivity index (χ0v) is 54.3. The monoisotopic (exact) mass is 1140 g/mol. The predicted octanol–water partition coefficient (Wildman–Crippen LogP) is 23.1. The van der Waals surface area contributed by atoms with Crippen molar-refractivity contribution in [1.82, 2.24) is 15.0 Å². The first-order valence-corrected chi connectivity index (χ1v) is 32.6. The van der Waals surface area contributed by atoms with E-state index in [1.54, 1.807) is 0 Å². The number of aryl methyl sites for hydroxylation is 1. The quantitative estimate of drug-likeness (QED) is 0.0758. The lowest BCUT2D eigenvalue weighted by molar-refractivity contribution is 0.437. The minimum absolute atomic E-state index is 0.0588. The number of rotatable bonds is 19. The van der Waals surface area contributed by atoms with Gasteiger partial charge in [-0.05, 0) is 155 Å². The summed E-state index contributed by atoms with van der Waals surface area (Å²) >= 11 is 0. The molecule has 0 unspecified atom stereocenters. The first kappa shape index (κ1) is 60.7. The maximum absolute atomic E-state index is 5.23. The van der Waals surface area contributed by atoms with Gasteiger partial charge in [0.25, 0.3) is 0 Å². The summed E-state index contributed by atoms with van der Waals surface area (Å²) in [6, 6.07) is 78.3. The van der Waals surface area contributed by atoms with E-state index in [2.05, 4.69) is 296 Å². The van der Waals surface area contributed by atoms with E-state index in [9.17, 15) is 0 Å². The van der Waals surface area contributed by atoms with E-state index in [1.807, 2.05) is 0 Å². The van der Waals surface area contributed by atoms with E-state index < -0.39 is 5.41 Å². The Balaban J connectivity index is 0.984. The van der Waals surface area contributed by atoms with Gasteiger partial charge in [0.1, 0.15) is 0 Å². The minimum atomic E-state index is -0.533. The Kier molecular flexibility index (Phi) is 17.2. The molecular formula is C84H91N3. The molecule has 0 fully saturated rings. The highest BCUT2D eigenvalue weighted by Crippen LogP contribution is 2.58. The second kappa shape index (κ2) is 24.6. The van der Waals surface area contributed by atoms with Gasteiger partial charge >= 0.3 is 0 Å². The number of unbranched alkanes of at least 4 members (excludes halogenated alkanes) is 3. The molecule has 442 valence electrons. The molecule has 0 atom stereocenters. The van der Waals surface area contributed by atoms with Crippen molar-refractivity contribution in [3.05, 3.63) is 256 Å². The van der Waals surface area contributed by atoms with Crippen LogP contribution in [0, 0.1) is 0 Å². The van der Waals surface area contributed by atoms with Crippen molar-refractivity contribution >= 4 is 0 Å². The normalized spacial score (nSPS) is 13.2. The number of benzene rings is 9. The van der Waals surface area contributed by atoms with E-state index in [4.69, 9.17) is 15.0 Å². The predicted molar refractivity (Wildman–Crippen MR) is 371 cm³/mol. The van der Waals surface area contributed by atoms with Crippen LogP contribution in [0.15, 0.2) is 206 Å². The minimum Gasteiger partial charge on any atom is -0.208 e. The summed E-state index contributed by atoms with van der Waals surface area (Å²) in [7, 11) is 0. The first-order valence-electron chi connectivity index (χ1n) is 32.6. The van der Waals surface area contributed by atoms with Crippen LogP contribution in [0.1, 0.15) is 191 Å². The van der Waals surface area contributed by atoms with Crippen molar-refractivity contribution in [2.45, 2.75) is 175 Å². The third-order valence-electron chi connectivity index (χ3n) is 20.2. The fourth-order valence-electron chi connectivity index (χ4n) is 13.3. The summed E-state index contributed by atoms with van der Waals surface area (Å²) in [5.74, 6) is 1.91. The second-order valence-corrected chi connectivity index (χ2v) is 27.6. The van der Waals surface area contributed by atoms with Gasteiger partial charge in [-0.25, -0.2) is 15.0 Å². The van der Waals surface area contributed by atoms with Crippen LogP contribution in [0.3, 0.4) is 0 Å². The number of hydrogen-bond donors (Lipinski definition) is 0. The Morgan fingerprint density at radius 2 is 0.586 bits per heavy atom. The summed E-state index contributed by atoms with van der Waals surface area (Å²) < 4.78 is 0. The highest BCUT2D eigenvalue weighted by atomic mass is 15.0.